The van der Waals surface area contributed by atoms with Crippen LogP contribution in [0.3, 0.4) is 0 Å². The lowest BCUT2D eigenvalue weighted by molar-refractivity contribution is -0.420. The van der Waals surface area contributed by atoms with E-state index < -0.39 is 4.92 Å². The van der Waals surface area contributed by atoms with Gasteiger partial charge in [-0.05, 0) is 6.08 Å². The van der Waals surface area contributed by atoms with Crippen molar-refractivity contribution < 1.29 is 9.72 Å². The lowest BCUT2D eigenvalue weighted by Crippen LogP contribution is -2.13. The molecule has 0 aromatic heterocycles. The standard InChI is InChI=1S/C10H12N2O3/c1-10(2)5-3-8(11-7-13)9(4-6-10)12(14)15/h3-7H,1-2H3,(H,11,13). The minimum atomic E-state index is -0.520. The SMILES string of the molecule is CC1(C)C=CC(NC=O)=C([N+](=O)[O-])C=C1. The number of allylic oxidation sites excluding steroid dienone is 4. The summed E-state index contributed by atoms with van der Waals surface area (Å²) >= 11 is 0. The number of carbonyl (C=O) groups excluding carboxylic acids is 1. The monoisotopic (exact) mass is 208 g/mol. The van der Waals surface area contributed by atoms with Gasteiger partial charge < -0.3 is 5.32 Å². The maximum Gasteiger partial charge on any atom is 0.292 e. The summed E-state index contributed by atoms with van der Waals surface area (Å²) in [6.07, 6.45) is 6.90. The molecule has 0 bridgehead atoms. The third-order valence-corrected chi connectivity index (χ3v) is 2.04. The molecule has 0 saturated carbocycles. The first-order valence-electron chi connectivity index (χ1n) is 4.43. The second-order valence-electron chi connectivity index (χ2n) is 3.81. The van der Waals surface area contributed by atoms with Gasteiger partial charge in [0, 0.05) is 11.5 Å². The van der Waals surface area contributed by atoms with E-state index in [9.17, 15) is 14.9 Å². The molecule has 0 atom stereocenters. The summed E-state index contributed by atoms with van der Waals surface area (Å²) in [4.78, 5) is 20.5. The molecule has 1 amide bonds. The summed E-state index contributed by atoms with van der Waals surface area (Å²) in [6.45, 7) is 3.84. The van der Waals surface area contributed by atoms with Crippen molar-refractivity contribution in [1.29, 1.82) is 0 Å². The van der Waals surface area contributed by atoms with Crippen LogP contribution in [0, 0.1) is 15.5 Å². The van der Waals surface area contributed by atoms with Gasteiger partial charge in [-0.3, -0.25) is 14.9 Å². The number of hydrogen-bond donors (Lipinski definition) is 1. The molecule has 1 N–H and O–H groups in total. The maximum atomic E-state index is 10.7. The highest BCUT2D eigenvalue weighted by molar-refractivity contribution is 5.53. The number of carbonyl (C=O) groups is 1. The van der Waals surface area contributed by atoms with Crippen LogP contribution in [-0.2, 0) is 4.79 Å². The highest BCUT2D eigenvalue weighted by Gasteiger charge is 2.20. The first kappa shape index (κ1) is 11.2. The minimum Gasteiger partial charge on any atom is -0.323 e. The van der Waals surface area contributed by atoms with Crippen LogP contribution in [-0.4, -0.2) is 11.3 Å². The Kier molecular flexibility index (Phi) is 3.04. The number of nitrogens with zero attached hydrogens (tertiary/aromatic N) is 1. The second-order valence-corrected chi connectivity index (χ2v) is 3.81. The van der Waals surface area contributed by atoms with Gasteiger partial charge in [-0.15, -0.1) is 0 Å². The number of nitro groups is 1. The third-order valence-electron chi connectivity index (χ3n) is 2.04. The Balaban J connectivity index is 3.17. The van der Waals surface area contributed by atoms with Crippen LogP contribution < -0.4 is 5.32 Å². The van der Waals surface area contributed by atoms with E-state index in [1.54, 1.807) is 18.2 Å². The van der Waals surface area contributed by atoms with Crippen molar-refractivity contribution in [3.8, 4) is 0 Å². The lowest BCUT2D eigenvalue weighted by atomic mass is 9.93. The minimum absolute atomic E-state index is 0.107. The van der Waals surface area contributed by atoms with E-state index in [2.05, 4.69) is 5.32 Å². The average molecular weight is 208 g/mol. The Morgan fingerprint density at radius 1 is 1.40 bits per heavy atom. The average Bonchev–Trinajstić information content (AvgIpc) is 2.26. The number of hydrogen-bond acceptors (Lipinski definition) is 3. The molecule has 80 valence electrons. The van der Waals surface area contributed by atoms with Crippen molar-refractivity contribution in [3.63, 3.8) is 0 Å². The Morgan fingerprint density at radius 2 is 2.00 bits per heavy atom. The molecule has 0 aliphatic heterocycles. The van der Waals surface area contributed by atoms with Crippen LogP contribution in [0.5, 0.6) is 0 Å². The predicted molar refractivity (Wildman–Crippen MR) is 55.3 cm³/mol. The molecule has 0 spiro atoms. The van der Waals surface area contributed by atoms with E-state index in [0.29, 0.717) is 6.41 Å². The van der Waals surface area contributed by atoms with Crippen LogP contribution in [0.1, 0.15) is 13.8 Å². The van der Waals surface area contributed by atoms with E-state index in [4.69, 9.17) is 0 Å². The van der Waals surface area contributed by atoms with Gasteiger partial charge in [0.25, 0.3) is 5.70 Å². The van der Waals surface area contributed by atoms with E-state index in [-0.39, 0.29) is 16.8 Å². The third kappa shape index (κ3) is 2.77. The Hall–Kier alpha value is -1.91. The van der Waals surface area contributed by atoms with Gasteiger partial charge in [0.05, 0.1) is 4.92 Å². The molecule has 0 aromatic rings. The molecule has 0 unspecified atom stereocenters. The highest BCUT2D eigenvalue weighted by Crippen LogP contribution is 2.24. The van der Waals surface area contributed by atoms with E-state index in [0.717, 1.165) is 0 Å². The summed E-state index contributed by atoms with van der Waals surface area (Å²) in [5, 5.41) is 13.0. The first-order chi connectivity index (χ1) is 6.96. The Labute approximate surface area is 87.3 Å². The fourth-order valence-electron chi connectivity index (χ4n) is 1.17. The molecule has 5 heteroatoms. The largest absolute Gasteiger partial charge is 0.323 e. The zero-order valence-corrected chi connectivity index (χ0v) is 8.56. The predicted octanol–water partition coefficient (Wildman–Crippen LogP) is 1.37. The van der Waals surface area contributed by atoms with Crippen LogP contribution in [0.2, 0.25) is 0 Å². The Morgan fingerprint density at radius 3 is 2.53 bits per heavy atom. The molecule has 5 nitrogen and oxygen atoms in total. The van der Waals surface area contributed by atoms with Crippen molar-refractivity contribution in [2.45, 2.75) is 13.8 Å². The summed E-state index contributed by atoms with van der Waals surface area (Å²) in [5.41, 5.74) is -0.158. The summed E-state index contributed by atoms with van der Waals surface area (Å²) in [7, 11) is 0. The molecule has 0 heterocycles. The fraction of sp³-hybridized carbons (Fsp3) is 0.300. The van der Waals surface area contributed by atoms with Gasteiger partial charge in [-0.2, -0.15) is 0 Å². The molecule has 0 fully saturated rings. The first-order valence-corrected chi connectivity index (χ1v) is 4.43. The normalized spacial score (nSPS) is 18.5. The number of amides is 1. The summed E-state index contributed by atoms with van der Waals surface area (Å²) < 4.78 is 0. The smallest absolute Gasteiger partial charge is 0.292 e. The van der Waals surface area contributed by atoms with Crippen molar-refractivity contribution in [2.24, 2.45) is 5.41 Å². The van der Waals surface area contributed by atoms with Gasteiger partial charge >= 0.3 is 0 Å². The van der Waals surface area contributed by atoms with Gasteiger partial charge in [-0.1, -0.05) is 26.0 Å². The molecule has 15 heavy (non-hydrogen) atoms. The number of rotatable bonds is 3. The molecule has 1 aliphatic rings. The molecule has 0 saturated heterocycles. The van der Waals surface area contributed by atoms with Crippen molar-refractivity contribution >= 4 is 6.41 Å². The van der Waals surface area contributed by atoms with Crippen molar-refractivity contribution in [2.75, 3.05) is 0 Å². The topological polar surface area (TPSA) is 72.2 Å². The van der Waals surface area contributed by atoms with Gasteiger partial charge in [0.2, 0.25) is 6.41 Å². The second kappa shape index (κ2) is 4.08. The highest BCUT2D eigenvalue weighted by atomic mass is 16.6. The zero-order valence-electron chi connectivity index (χ0n) is 8.56. The van der Waals surface area contributed by atoms with Gasteiger partial charge in [0.15, 0.2) is 0 Å². The van der Waals surface area contributed by atoms with Crippen LogP contribution >= 0.6 is 0 Å². The van der Waals surface area contributed by atoms with Gasteiger partial charge in [0.1, 0.15) is 5.70 Å². The number of nitrogens with one attached hydrogen (secondary N) is 1. The van der Waals surface area contributed by atoms with E-state index in [1.165, 1.54) is 6.08 Å². The summed E-state index contributed by atoms with van der Waals surface area (Å²) in [5.74, 6) is 0. The molecular formula is C10H12N2O3. The molecule has 0 radical (unpaired) electrons. The van der Waals surface area contributed by atoms with Gasteiger partial charge in [-0.25, -0.2) is 0 Å². The summed E-state index contributed by atoms with van der Waals surface area (Å²) in [6, 6.07) is 0. The lowest BCUT2D eigenvalue weighted by Gasteiger charge is -2.11. The van der Waals surface area contributed by atoms with E-state index >= 15 is 0 Å². The zero-order chi connectivity index (χ0) is 11.5. The van der Waals surface area contributed by atoms with Crippen molar-refractivity contribution in [3.05, 3.63) is 45.8 Å². The van der Waals surface area contributed by atoms with E-state index in [1.807, 2.05) is 13.8 Å². The Bertz CT molecular complexity index is 378. The van der Waals surface area contributed by atoms with Crippen LogP contribution in [0.15, 0.2) is 35.7 Å². The molecular weight excluding hydrogens is 196 g/mol. The molecule has 1 aliphatic carbocycles. The quantitative estimate of drug-likeness (QED) is 0.432. The van der Waals surface area contributed by atoms with Crippen LogP contribution in [0.4, 0.5) is 0 Å². The molecule has 1 rings (SSSR count). The maximum absolute atomic E-state index is 10.7. The van der Waals surface area contributed by atoms with Crippen molar-refractivity contribution in [1.82, 2.24) is 5.32 Å². The molecule has 0 aromatic carbocycles. The van der Waals surface area contributed by atoms with Crippen LogP contribution in [0.25, 0.3) is 0 Å². The fourth-order valence-corrected chi connectivity index (χ4v) is 1.17.